The van der Waals surface area contributed by atoms with Gasteiger partial charge in [-0.05, 0) is 68.4 Å². The van der Waals surface area contributed by atoms with Gasteiger partial charge in [0.2, 0.25) is 0 Å². The Labute approximate surface area is 141 Å². The molecule has 23 heavy (non-hydrogen) atoms. The first-order chi connectivity index (χ1) is 10.9. The summed E-state index contributed by atoms with van der Waals surface area (Å²) < 4.78 is 5.41. The summed E-state index contributed by atoms with van der Waals surface area (Å²) in [5, 5.41) is 5.85. The first-order valence-electron chi connectivity index (χ1n) is 7.31. The standard InChI is InChI=1S/C18H20N2O2S/c1-12-4-8-16(9-5-12)22-11-17(21)20-18(23)19-15-7-6-13(2)14(3)10-15/h4-10H,11H2,1-3H3,(H2,19,20,21,23). The van der Waals surface area contributed by atoms with E-state index in [1.165, 1.54) is 5.56 Å². The molecule has 0 bridgehead atoms. The van der Waals surface area contributed by atoms with Crippen LogP contribution >= 0.6 is 12.2 Å². The van der Waals surface area contributed by atoms with Crippen LogP contribution in [-0.4, -0.2) is 17.6 Å². The summed E-state index contributed by atoms with van der Waals surface area (Å²) in [5.74, 6) is 0.352. The van der Waals surface area contributed by atoms with Crippen molar-refractivity contribution in [3.05, 3.63) is 59.2 Å². The Hall–Kier alpha value is -2.40. The van der Waals surface area contributed by atoms with E-state index in [9.17, 15) is 4.79 Å². The van der Waals surface area contributed by atoms with Crippen molar-refractivity contribution in [3.63, 3.8) is 0 Å². The highest BCUT2D eigenvalue weighted by Gasteiger charge is 2.06. The van der Waals surface area contributed by atoms with Gasteiger partial charge in [-0.3, -0.25) is 10.1 Å². The number of thiocarbonyl (C=S) groups is 1. The molecular weight excluding hydrogens is 308 g/mol. The average Bonchev–Trinajstić information content (AvgIpc) is 2.50. The zero-order valence-electron chi connectivity index (χ0n) is 13.5. The van der Waals surface area contributed by atoms with Gasteiger partial charge in [-0.15, -0.1) is 0 Å². The molecule has 1 amide bonds. The normalized spacial score (nSPS) is 10.0. The number of ether oxygens (including phenoxy) is 1. The number of hydrogen-bond acceptors (Lipinski definition) is 3. The van der Waals surface area contributed by atoms with Crippen molar-refractivity contribution >= 4 is 28.9 Å². The predicted octanol–water partition coefficient (Wildman–Crippen LogP) is 3.50. The van der Waals surface area contributed by atoms with E-state index < -0.39 is 0 Å². The van der Waals surface area contributed by atoms with Crippen molar-refractivity contribution in [1.29, 1.82) is 0 Å². The van der Waals surface area contributed by atoms with Gasteiger partial charge in [-0.25, -0.2) is 0 Å². The quantitative estimate of drug-likeness (QED) is 0.844. The minimum Gasteiger partial charge on any atom is -0.484 e. The molecule has 0 spiro atoms. The minimum atomic E-state index is -0.299. The maximum atomic E-state index is 11.8. The molecule has 0 saturated heterocycles. The van der Waals surface area contributed by atoms with Crippen LogP contribution in [0.4, 0.5) is 5.69 Å². The summed E-state index contributed by atoms with van der Waals surface area (Å²) in [6, 6.07) is 13.4. The van der Waals surface area contributed by atoms with E-state index in [1.807, 2.05) is 63.2 Å². The van der Waals surface area contributed by atoms with Crippen molar-refractivity contribution < 1.29 is 9.53 Å². The second kappa shape index (κ2) is 7.74. The number of hydrogen-bond donors (Lipinski definition) is 2. The van der Waals surface area contributed by atoms with Crippen LogP contribution in [0.3, 0.4) is 0 Å². The van der Waals surface area contributed by atoms with E-state index in [0.29, 0.717) is 5.75 Å². The number of aryl methyl sites for hydroxylation is 3. The Morgan fingerprint density at radius 3 is 2.39 bits per heavy atom. The summed E-state index contributed by atoms with van der Waals surface area (Å²) in [6.45, 7) is 5.98. The summed E-state index contributed by atoms with van der Waals surface area (Å²) in [7, 11) is 0. The number of nitrogens with one attached hydrogen (secondary N) is 2. The van der Waals surface area contributed by atoms with Gasteiger partial charge in [0.15, 0.2) is 11.7 Å². The molecule has 0 fully saturated rings. The van der Waals surface area contributed by atoms with Crippen LogP contribution < -0.4 is 15.4 Å². The van der Waals surface area contributed by atoms with Crippen molar-refractivity contribution in [2.75, 3.05) is 11.9 Å². The number of rotatable bonds is 4. The lowest BCUT2D eigenvalue weighted by Gasteiger charge is -2.11. The third-order valence-electron chi connectivity index (χ3n) is 3.41. The summed E-state index contributed by atoms with van der Waals surface area (Å²) in [5.41, 5.74) is 4.35. The van der Waals surface area contributed by atoms with Crippen LogP contribution in [0.1, 0.15) is 16.7 Å². The van der Waals surface area contributed by atoms with Crippen molar-refractivity contribution in [3.8, 4) is 5.75 Å². The maximum Gasteiger partial charge on any atom is 0.264 e. The van der Waals surface area contributed by atoms with Crippen LogP contribution in [0.5, 0.6) is 5.75 Å². The second-order valence-corrected chi connectivity index (χ2v) is 5.81. The van der Waals surface area contributed by atoms with E-state index in [1.54, 1.807) is 0 Å². The maximum absolute atomic E-state index is 11.8. The number of anilines is 1. The predicted molar refractivity (Wildman–Crippen MR) is 97.0 cm³/mol. The average molecular weight is 328 g/mol. The van der Waals surface area contributed by atoms with Gasteiger partial charge in [-0.1, -0.05) is 23.8 Å². The molecule has 2 rings (SSSR count). The molecule has 5 heteroatoms. The van der Waals surface area contributed by atoms with Crippen LogP contribution in [0, 0.1) is 20.8 Å². The fourth-order valence-electron chi connectivity index (χ4n) is 1.93. The van der Waals surface area contributed by atoms with Gasteiger partial charge in [0.1, 0.15) is 5.75 Å². The van der Waals surface area contributed by atoms with Gasteiger partial charge in [0.05, 0.1) is 0 Å². The van der Waals surface area contributed by atoms with Gasteiger partial charge in [0.25, 0.3) is 5.91 Å². The molecule has 0 aliphatic heterocycles. The molecule has 0 heterocycles. The Morgan fingerprint density at radius 1 is 1.04 bits per heavy atom. The molecule has 0 radical (unpaired) electrons. The smallest absolute Gasteiger partial charge is 0.264 e. The minimum absolute atomic E-state index is 0.0855. The lowest BCUT2D eigenvalue weighted by Crippen LogP contribution is -2.37. The lowest BCUT2D eigenvalue weighted by atomic mass is 10.1. The highest BCUT2D eigenvalue weighted by Crippen LogP contribution is 2.14. The SMILES string of the molecule is Cc1ccc(OCC(=O)NC(=S)Nc2ccc(C)c(C)c2)cc1. The molecule has 0 aromatic heterocycles. The topological polar surface area (TPSA) is 50.4 Å². The molecule has 120 valence electrons. The second-order valence-electron chi connectivity index (χ2n) is 5.40. The van der Waals surface area contributed by atoms with Crippen LogP contribution in [0.25, 0.3) is 0 Å². The first-order valence-corrected chi connectivity index (χ1v) is 7.72. The number of carbonyl (C=O) groups is 1. The Balaban J connectivity index is 1.81. The summed E-state index contributed by atoms with van der Waals surface area (Å²) >= 11 is 5.14. The van der Waals surface area contributed by atoms with Gasteiger partial charge < -0.3 is 10.1 Å². The molecular formula is C18H20N2O2S. The number of amides is 1. The monoisotopic (exact) mass is 328 g/mol. The van der Waals surface area contributed by atoms with Crippen molar-refractivity contribution in [1.82, 2.24) is 5.32 Å². The first kappa shape index (κ1) is 17.0. The van der Waals surface area contributed by atoms with E-state index in [4.69, 9.17) is 17.0 Å². The van der Waals surface area contributed by atoms with Gasteiger partial charge >= 0.3 is 0 Å². The molecule has 0 aliphatic rings. The third-order valence-corrected chi connectivity index (χ3v) is 3.61. The highest BCUT2D eigenvalue weighted by molar-refractivity contribution is 7.80. The highest BCUT2D eigenvalue weighted by atomic mass is 32.1. The molecule has 0 unspecified atom stereocenters. The Morgan fingerprint density at radius 2 is 1.74 bits per heavy atom. The van der Waals surface area contributed by atoms with E-state index in [-0.39, 0.29) is 17.6 Å². The van der Waals surface area contributed by atoms with Crippen molar-refractivity contribution in [2.24, 2.45) is 0 Å². The Bertz CT molecular complexity index is 711. The Kier molecular flexibility index (Phi) is 5.71. The van der Waals surface area contributed by atoms with Crippen LogP contribution in [-0.2, 0) is 4.79 Å². The molecule has 2 aromatic rings. The van der Waals surface area contributed by atoms with Crippen LogP contribution in [0.15, 0.2) is 42.5 Å². The zero-order valence-corrected chi connectivity index (χ0v) is 14.3. The summed E-state index contributed by atoms with van der Waals surface area (Å²) in [4.78, 5) is 11.8. The molecule has 0 saturated carbocycles. The van der Waals surface area contributed by atoms with E-state index >= 15 is 0 Å². The number of benzene rings is 2. The zero-order chi connectivity index (χ0) is 16.8. The fourth-order valence-corrected chi connectivity index (χ4v) is 2.16. The van der Waals surface area contributed by atoms with Crippen LogP contribution in [0.2, 0.25) is 0 Å². The fraction of sp³-hybridized carbons (Fsp3) is 0.222. The lowest BCUT2D eigenvalue weighted by molar-refractivity contribution is -0.121. The van der Waals surface area contributed by atoms with Gasteiger partial charge in [0, 0.05) is 5.69 Å². The third kappa shape index (κ3) is 5.38. The van der Waals surface area contributed by atoms with Gasteiger partial charge in [-0.2, -0.15) is 0 Å². The molecule has 2 aromatic carbocycles. The molecule has 4 nitrogen and oxygen atoms in total. The molecule has 0 aliphatic carbocycles. The molecule has 0 atom stereocenters. The van der Waals surface area contributed by atoms with E-state index in [2.05, 4.69) is 10.6 Å². The molecule has 2 N–H and O–H groups in total. The largest absolute Gasteiger partial charge is 0.484 e. The van der Waals surface area contributed by atoms with E-state index in [0.717, 1.165) is 16.8 Å². The van der Waals surface area contributed by atoms with Crippen molar-refractivity contribution in [2.45, 2.75) is 20.8 Å². The number of carbonyl (C=O) groups excluding carboxylic acids is 1. The summed E-state index contributed by atoms with van der Waals surface area (Å²) in [6.07, 6.45) is 0.